The zero-order valence-electron chi connectivity index (χ0n) is 21.3. The second-order valence-electron chi connectivity index (χ2n) is 8.95. The van der Waals surface area contributed by atoms with Crippen LogP contribution in [0.15, 0.2) is 67.0 Å². The van der Waals surface area contributed by atoms with Gasteiger partial charge in [-0.05, 0) is 68.1 Å². The van der Waals surface area contributed by atoms with Gasteiger partial charge in [0.2, 0.25) is 0 Å². The summed E-state index contributed by atoms with van der Waals surface area (Å²) in [6.07, 6.45) is 5.60. The third-order valence-electron chi connectivity index (χ3n) is 5.93. The summed E-state index contributed by atoms with van der Waals surface area (Å²) in [5.74, 6) is -0.394. The number of aromatic nitrogens is 2. The second kappa shape index (κ2) is 12.1. The molecule has 1 N–H and O–H groups in total. The lowest BCUT2D eigenvalue weighted by Gasteiger charge is -2.15. The highest BCUT2D eigenvalue weighted by atomic mass is 35.5. The first-order valence-corrected chi connectivity index (χ1v) is 12.3. The maximum atomic E-state index is 14.5. The highest BCUT2D eigenvalue weighted by molar-refractivity contribution is 6.37. The number of allylic oxidation sites excluding steroid dienone is 1. The molecule has 0 spiro atoms. The molecule has 0 radical (unpaired) electrons. The van der Waals surface area contributed by atoms with Gasteiger partial charge in [0.05, 0.1) is 28.7 Å². The van der Waals surface area contributed by atoms with E-state index in [1.54, 1.807) is 24.3 Å². The van der Waals surface area contributed by atoms with Gasteiger partial charge in [-0.25, -0.2) is 18.7 Å². The van der Waals surface area contributed by atoms with E-state index in [0.717, 1.165) is 11.6 Å². The van der Waals surface area contributed by atoms with Crippen molar-refractivity contribution in [3.05, 3.63) is 89.2 Å². The number of ether oxygens (including phenoxy) is 1. The van der Waals surface area contributed by atoms with Crippen LogP contribution in [-0.2, 0) is 11.2 Å². The third kappa shape index (κ3) is 6.33. The van der Waals surface area contributed by atoms with Crippen molar-refractivity contribution in [3.8, 4) is 16.9 Å². The Hall–Kier alpha value is -3.88. The van der Waals surface area contributed by atoms with Crippen LogP contribution in [0.25, 0.3) is 22.0 Å². The first-order valence-electron chi connectivity index (χ1n) is 11.9. The van der Waals surface area contributed by atoms with E-state index in [2.05, 4.69) is 15.3 Å². The molecule has 0 aliphatic rings. The van der Waals surface area contributed by atoms with Crippen molar-refractivity contribution in [1.82, 2.24) is 14.9 Å². The van der Waals surface area contributed by atoms with Crippen molar-refractivity contribution in [1.29, 1.82) is 0 Å². The molecule has 0 saturated carbocycles. The molecule has 0 aliphatic heterocycles. The highest BCUT2D eigenvalue weighted by Gasteiger charge is 2.16. The van der Waals surface area contributed by atoms with Gasteiger partial charge in [-0.1, -0.05) is 29.8 Å². The Labute approximate surface area is 224 Å². The van der Waals surface area contributed by atoms with E-state index in [9.17, 15) is 13.6 Å². The van der Waals surface area contributed by atoms with Gasteiger partial charge in [0.15, 0.2) is 5.78 Å². The normalized spacial score (nSPS) is 11.4. The van der Waals surface area contributed by atoms with E-state index in [1.807, 2.05) is 37.2 Å². The number of methoxy groups -OCH3 is 1. The largest absolute Gasteiger partial charge is 0.495 e. The summed E-state index contributed by atoms with van der Waals surface area (Å²) in [5, 5.41) is 4.26. The number of carbonyl (C=O) groups is 1. The Morgan fingerprint density at radius 2 is 1.92 bits per heavy atom. The third-order valence-corrected chi connectivity index (χ3v) is 6.36. The molecule has 0 bridgehead atoms. The molecule has 1 heterocycles. The molecule has 4 rings (SSSR count). The number of nitrogens with one attached hydrogen (secondary N) is 1. The summed E-state index contributed by atoms with van der Waals surface area (Å²) in [6, 6.07) is 12.2. The maximum absolute atomic E-state index is 14.5. The van der Waals surface area contributed by atoms with Crippen LogP contribution >= 0.6 is 11.6 Å². The Morgan fingerprint density at radius 3 is 2.66 bits per heavy atom. The van der Waals surface area contributed by atoms with Gasteiger partial charge in [-0.15, -0.1) is 0 Å². The Morgan fingerprint density at radius 1 is 1.11 bits per heavy atom. The summed E-state index contributed by atoms with van der Waals surface area (Å²) < 4.78 is 33.4. The monoisotopic (exact) mass is 536 g/mol. The predicted molar refractivity (Wildman–Crippen MR) is 147 cm³/mol. The summed E-state index contributed by atoms with van der Waals surface area (Å²) in [6.45, 7) is 0.688. The molecule has 1 aromatic heterocycles. The first kappa shape index (κ1) is 27.2. The van der Waals surface area contributed by atoms with Gasteiger partial charge in [0.1, 0.15) is 29.5 Å². The summed E-state index contributed by atoms with van der Waals surface area (Å²) in [7, 11) is 5.39. The van der Waals surface area contributed by atoms with E-state index in [-0.39, 0.29) is 11.3 Å². The molecule has 0 fully saturated rings. The summed E-state index contributed by atoms with van der Waals surface area (Å²) >= 11 is 6.81. The number of benzene rings is 3. The minimum absolute atomic E-state index is 0.0141. The van der Waals surface area contributed by atoms with Crippen LogP contribution in [0.4, 0.5) is 20.3 Å². The van der Waals surface area contributed by atoms with Crippen molar-refractivity contribution in [2.24, 2.45) is 0 Å². The lowest BCUT2D eigenvalue weighted by molar-refractivity contribution is -0.114. The van der Waals surface area contributed by atoms with Crippen LogP contribution in [0.2, 0.25) is 5.02 Å². The van der Waals surface area contributed by atoms with Gasteiger partial charge < -0.3 is 15.0 Å². The van der Waals surface area contributed by atoms with Crippen LogP contribution in [0.3, 0.4) is 0 Å². The van der Waals surface area contributed by atoms with Crippen molar-refractivity contribution >= 4 is 39.8 Å². The second-order valence-corrected chi connectivity index (χ2v) is 9.33. The number of rotatable bonds is 10. The smallest absolute Gasteiger partial charge is 0.155 e. The summed E-state index contributed by atoms with van der Waals surface area (Å²) in [5.41, 5.74) is 2.69. The molecule has 0 atom stereocenters. The van der Waals surface area contributed by atoms with Crippen LogP contribution < -0.4 is 10.1 Å². The average molecular weight is 537 g/mol. The van der Waals surface area contributed by atoms with Crippen molar-refractivity contribution < 1.29 is 18.3 Å². The fraction of sp³-hybridized carbons (Fsp3) is 0.207. The molecule has 0 saturated heterocycles. The van der Waals surface area contributed by atoms with E-state index >= 15 is 0 Å². The first-order chi connectivity index (χ1) is 18.3. The van der Waals surface area contributed by atoms with Gasteiger partial charge >= 0.3 is 0 Å². The number of fused-ring (bicyclic) bond motifs is 1. The molecule has 38 heavy (non-hydrogen) atoms. The van der Waals surface area contributed by atoms with Crippen LogP contribution in [-0.4, -0.2) is 48.4 Å². The number of ketones is 1. The fourth-order valence-corrected chi connectivity index (χ4v) is 4.35. The minimum Gasteiger partial charge on any atom is -0.495 e. The van der Waals surface area contributed by atoms with E-state index in [1.165, 1.54) is 25.6 Å². The number of hydrogen-bond acceptors (Lipinski definition) is 6. The number of nitrogens with zero attached hydrogens (tertiary/aromatic N) is 3. The SMILES string of the molecule is COc1ccc(-c2ccc(F)cc2F)cc1Nc1ncnc2ccc(CCC(=O)/C=C/CN(C)C)c(Cl)c12. The van der Waals surface area contributed by atoms with Crippen molar-refractivity contribution in [2.75, 3.05) is 33.1 Å². The molecular formula is C29H27ClF2N4O2. The quantitative estimate of drug-likeness (QED) is 0.230. The standard InChI is InChI=1S/C29H27ClF2N4O2/c1-36(2)14-4-5-21(37)10-6-18-7-12-24-27(28(18)30)29(34-17-33-24)35-25-15-19(8-13-26(25)38-3)22-11-9-20(31)16-23(22)32/h4-5,7-9,11-13,15-17H,6,10,14H2,1-3H3,(H,33,34,35)/b5-4+. The van der Waals surface area contributed by atoms with Crippen molar-refractivity contribution in [2.45, 2.75) is 12.8 Å². The number of likely N-dealkylation sites (N-methyl/N-ethyl adjacent to an activating group) is 1. The molecule has 3 aromatic carbocycles. The molecule has 196 valence electrons. The minimum atomic E-state index is -0.674. The van der Waals surface area contributed by atoms with E-state index in [4.69, 9.17) is 16.3 Å². The maximum Gasteiger partial charge on any atom is 0.155 e. The number of aryl methyl sites for hydroxylation is 1. The fourth-order valence-electron chi connectivity index (χ4n) is 4.00. The van der Waals surface area contributed by atoms with E-state index in [0.29, 0.717) is 58.1 Å². The molecule has 0 unspecified atom stereocenters. The van der Waals surface area contributed by atoms with Gasteiger partial charge in [-0.2, -0.15) is 0 Å². The van der Waals surface area contributed by atoms with Crippen molar-refractivity contribution in [3.63, 3.8) is 0 Å². The molecule has 6 nitrogen and oxygen atoms in total. The molecule has 0 aliphatic carbocycles. The van der Waals surface area contributed by atoms with Gasteiger partial charge in [-0.3, -0.25) is 4.79 Å². The topological polar surface area (TPSA) is 67.3 Å². The van der Waals surface area contributed by atoms with E-state index < -0.39 is 11.6 Å². The lowest BCUT2D eigenvalue weighted by atomic mass is 10.0. The predicted octanol–water partition coefficient (Wildman–Crippen LogP) is 6.60. The highest BCUT2D eigenvalue weighted by Crippen LogP contribution is 2.37. The van der Waals surface area contributed by atoms with Crippen LogP contribution in [0.5, 0.6) is 5.75 Å². The molecule has 9 heteroatoms. The zero-order valence-corrected chi connectivity index (χ0v) is 22.0. The van der Waals surface area contributed by atoms with Gasteiger partial charge in [0, 0.05) is 24.6 Å². The van der Waals surface area contributed by atoms with Crippen LogP contribution in [0.1, 0.15) is 12.0 Å². The number of carbonyl (C=O) groups excluding carboxylic acids is 1. The Balaban J connectivity index is 1.65. The molecule has 0 amide bonds. The Bertz CT molecular complexity index is 1510. The molecule has 4 aromatic rings. The number of hydrogen-bond donors (Lipinski definition) is 1. The Kier molecular flexibility index (Phi) is 8.66. The summed E-state index contributed by atoms with van der Waals surface area (Å²) in [4.78, 5) is 23.0. The number of anilines is 2. The van der Waals surface area contributed by atoms with Gasteiger partial charge in [0.25, 0.3) is 0 Å². The van der Waals surface area contributed by atoms with Crippen LogP contribution in [0, 0.1) is 11.6 Å². The molecular weight excluding hydrogens is 510 g/mol. The lowest BCUT2D eigenvalue weighted by Crippen LogP contribution is -2.11. The zero-order chi connectivity index (χ0) is 27.2. The number of halogens is 3. The average Bonchev–Trinajstić information content (AvgIpc) is 2.88.